The van der Waals surface area contributed by atoms with E-state index in [0.717, 1.165) is 18.7 Å². The number of aromatic nitrogens is 1. The topological polar surface area (TPSA) is 39.2 Å². The second-order valence-electron chi connectivity index (χ2n) is 3.86. The molecule has 1 aromatic heterocycles. The molecule has 0 N–H and O–H groups in total. The Bertz CT molecular complexity index is 401. The number of carbonyl (C=O) groups is 1. The Morgan fingerprint density at radius 1 is 1.44 bits per heavy atom. The maximum Gasteiger partial charge on any atom is 0.433 e. The largest absolute Gasteiger partial charge is 0.458 e. The third-order valence-corrected chi connectivity index (χ3v) is 2.31. The molecule has 0 amide bonds. The van der Waals surface area contributed by atoms with Crippen LogP contribution in [0.4, 0.5) is 13.2 Å². The van der Waals surface area contributed by atoms with E-state index in [9.17, 15) is 18.0 Å². The van der Waals surface area contributed by atoms with Gasteiger partial charge in [0.1, 0.15) is 11.8 Å². The maximum absolute atomic E-state index is 12.3. The molecule has 1 unspecified atom stereocenters. The lowest BCUT2D eigenvalue weighted by atomic mass is 10.1. The summed E-state index contributed by atoms with van der Waals surface area (Å²) in [6.07, 6.45) is -2.60. The molecule has 100 valence electrons. The summed E-state index contributed by atoms with van der Waals surface area (Å²) in [5.74, 6) is -0.464. The van der Waals surface area contributed by atoms with Crippen LogP contribution in [0.25, 0.3) is 0 Å². The van der Waals surface area contributed by atoms with Crippen LogP contribution in [-0.4, -0.2) is 11.0 Å². The van der Waals surface area contributed by atoms with Crippen molar-refractivity contribution in [2.24, 2.45) is 0 Å². The van der Waals surface area contributed by atoms with Crippen LogP contribution in [-0.2, 0) is 15.7 Å². The van der Waals surface area contributed by atoms with Crippen molar-refractivity contribution in [1.29, 1.82) is 0 Å². The molecule has 0 aliphatic rings. The van der Waals surface area contributed by atoms with Gasteiger partial charge in [0.05, 0.1) is 0 Å². The number of nitrogens with zero attached hydrogens (tertiary/aromatic N) is 1. The predicted molar refractivity (Wildman–Crippen MR) is 58.7 cm³/mol. The monoisotopic (exact) mass is 261 g/mol. The van der Waals surface area contributed by atoms with Gasteiger partial charge in [-0.3, -0.25) is 9.78 Å². The van der Waals surface area contributed by atoms with Crippen molar-refractivity contribution < 1.29 is 22.7 Å². The molecule has 0 radical (unpaired) electrons. The van der Waals surface area contributed by atoms with Gasteiger partial charge in [0, 0.05) is 18.7 Å². The van der Waals surface area contributed by atoms with Crippen LogP contribution in [0, 0.1) is 0 Å². The number of hydrogen-bond donors (Lipinski definition) is 0. The Kier molecular flexibility index (Phi) is 4.69. The number of esters is 1. The zero-order chi connectivity index (χ0) is 13.8. The molecular formula is C12H14F3NO2. The third-order valence-electron chi connectivity index (χ3n) is 2.31. The fourth-order valence-electron chi connectivity index (χ4n) is 1.52. The molecule has 1 rings (SSSR count). The first kappa shape index (κ1) is 14.5. The Balaban J connectivity index is 2.90. The molecule has 1 heterocycles. The van der Waals surface area contributed by atoms with E-state index in [1.54, 1.807) is 0 Å². The highest BCUT2D eigenvalue weighted by Gasteiger charge is 2.32. The number of hydrogen-bond acceptors (Lipinski definition) is 3. The molecule has 6 heteroatoms. The Labute approximate surface area is 103 Å². The molecule has 0 aliphatic heterocycles. The molecule has 0 bridgehead atoms. The van der Waals surface area contributed by atoms with Crippen LogP contribution in [0.5, 0.6) is 0 Å². The fourth-order valence-corrected chi connectivity index (χ4v) is 1.52. The van der Waals surface area contributed by atoms with E-state index in [2.05, 4.69) is 4.98 Å². The number of halogens is 3. The highest BCUT2D eigenvalue weighted by molar-refractivity contribution is 5.66. The van der Waals surface area contributed by atoms with Gasteiger partial charge in [-0.15, -0.1) is 0 Å². The van der Waals surface area contributed by atoms with Gasteiger partial charge in [-0.05, 0) is 12.5 Å². The SMILES string of the molecule is CCCC(OC(C)=O)c1ccc(C(F)(F)F)nc1. The summed E-state index contributed by atoms with van der Waals surface area (Å²) in [5, 5.41) is 0. The highest BCUT2D eigenvalue weighted by Crippen LogP contribution is 2.29. The fraction of sp³-hybridized carbons (Fsp3) is 0.500. The molecule has 18 heavy (non-hydrogen) atoms. The normalized spacial score (nSPS) is 13.2. The van der Waals surface area contributed by atoms with Crippen molar-refractivity contribution in [2.45, 2.75) is 39.0 Å². The first-order valence-electron chi connectivity index (χ1n) is 5.55. The summed E-state index contributed by atoms with van der Waals surface area (Å²) in [5.41, 5.74) is -0.482. The molecule has 0 fully saturated rings. The molecule has 1 atom stereocenters. The van der Waals surface area contributed by atoms with Crippen LogP contribution in [0.15, 0.2) is 18.3 Å². The minimum absolute atomic E-state index is 0.464. The number of ether oxygens (including phenoxy) is 1. The maximum atomic E-state index is 12.3. The van der Waals surface area contributed by atoms with Crippen molar-refractivity contribution in [1.82, 2.24) is 4.98 Å². The van der Waals surface area contributed by atoms with Gasteiger partial charge in [-0.1, -0.05) is 19.4 Å². The average molecular weight is 261 g/mol. The lowest BCUT2D eigenvalue weighted by Crippen LogP contribution is -2.11. The molecule has 1 aromatic rings. The first-order valence-corrected chi connectivity index (χ1v) is 5.55. The number of rotatable bonds is 4. The summed E-state index contributed by atoms with van der Waals surface area (Å²) in [4.78, 5) is 14.2. The van der Waals surface area contributed by atoms with E-state index in [-0.39, 0.29) is 0 Å². The summed E-state index contributed by atoms with van der Waals surface area (Å²) >= 11 is 0. The standard InChI is InChI=1S/C12H14F3NO2/c1-3-4-10(18-8(2)17)9-5-6-11(16-7-9)12(13,14)15/h5-7,10H,3-4H2,1-2H3. The number of carbonyl (C=O) groups excluding carboxylic acids is 1. The molecule has 0 aromatic carbocycles. The molecular weight excluding hydrogens is 247 g/mol. The van der Waals surface area contributed by atoms with Gasteiger partial charge < -0.3 is 4.74 Å². The minimum atomic E-state index is -4.46. The zero-order valence-electron chi connectivity index (χ0n) is 10.1. The number of alkyl halides is 3. The number of pyridine rings is 1. The van der Waals surface area contributed by atoms with Gasteiger partial charge in [0.15, 0.2) is 0 Å². The molecule has 0 saturated heterocycles. The lowest BCUT2D eigenvalue weighted by molar-refractivity contribution is -0.147. The second kappa shape index (κ2) is 5.84. The van der Waals surface area contributed by atoms with Gasteiger partial charge in [0.2, 0.25) is 0 Å². The Morgan fingerprint density at radius 2 is 2.11 bits per heavy atom. The molecule has 3 nitrogen and oxygen atoms in total. The van der Waals surface area contributed by atoms with Crippen molar-refractivity contribution >= 4 is 5.97 Å². The third kappa shape index (κ3) is 4.01. The average Bonchev–Trinajstić information content (AvgIpc) is 2.27. The smallest absolute Gasteiger partial charge is 0.433 e. The van der Waals surface area contributed by atoms with E-state index in [1.807, 2.05) is 6.92 Å². The Hall–Kier alpha value is -1.59. The first-order chi connectivity index (χ1) is 8.34. The summed E-state index contributed by atoms with van der Waals surface area (Å²) in [6, 6.07) is 2.18. The molecule has 0 aliphatic carbocycles. The highest BCUT2D eigenvalue weighted by atomic mass is 19.4. The van der Waals surface area contributed by atoms with Crippen LogP contribution in [0.1, 0.15) is 44.1 Å². The minimum Gasteiger partial charge on any atom is -0.458 e. The van der Waals surface area contributed by atoms with Crippen LogP contribution in [0.3, 0.4) is 0 Å². The van der Waals surface area contributed by atoms with E-state index >= 15 is 0 Å². The van der Waals surface area contributed by atoms with Gasteiger partial charge in [-0.25, -0.2) is 0 Å². The molecule has 0 saturated carbocycles. The summed E-state index contributed by atoms with van der Waals surface area (Å²) in [7, 11) is 0. The van der Waals surface area contributed by atoms with Gasteiger partial charge in [0.25, 0.3) is 0 Å². The molecule has 0 spiro atoms. The predicted octanol–water partition coefficient (Wildman–Crippen LogP) is 3.50. The van der Waals surface area contributed by atoms with Crippen LogP contribution in [0.2, 0.25) is 0 Å². The van der Waals surface area contributed by atoms with Crippen molar-refractivity contribution in [3.63, 3.8) is 0 Å². The van der Waals surface area contributed by atoms with Crippen molar-refractivity contribution in [3.05, 3.63) is 29.6 Å². The van der Waals surface area contributed by atoms with Crippen LogP contribution < -0.4 is 0 Å². The van der Waals surface area contributed by atoms with E-state index < -0.39 is 23.9 Å². The van der Waals surface area contributed by atoms with Crippen LogP contribution >= 0.6 is 0 Å². The lowest BCUT2D eigenvalue weighted by Gasteiger charge is -2.16. The van der Waals surface area contributed by atoms with Gasteiger partial charge >= 0.3 is 12.1 Å². The second-order valence-corrected chi connectivity index (χ2v) is 3.86. The van der Waals surface area contributed by atoms with Gasteiger partial charge in [-0.2, -0.15) is 13.2 Å². The summed E-state index contributed by atoms with van der Waals surface area (Å²) < 4.78 is 42.0. The zero-order valence-corrected chi connectivity index (χ0v) is 10.1. The van der Waals surface area contributed by atoms with Crippen molar-refractivity contribution in [2.75, 3.05) is 0 Å². The van der Waals surface area contributed by atoms with E-state index in [0.29, 0.717) is 12.0 Å². The quantitative estimate of drug-likeness (QED) is 0.778. The van der Waals surface area contributed by atoms with E-state index in [1.165, 1.54) is 13.0 Å². The van der Waals surface area contributed by atoms with Crippen molar-refractivity contribution in [3.8, 4) is 0 Å². The van der Waals surface area contributed by atoms with E-state index in [4.69, 9.17) is 4.74 Å². The summed E-state index contributed by atoms with van der Waals surface area (Å²) in [6.45, 7) is 3.16. The Morgan fingerprint density at radius 3 is 2.50 bits per heavy atom.